The van der Waals surface area contributed by atoms with Crippen molar-refractivity contribution in [3.8, 4) is 11.6 Å². The zero-order valence-electron chi connectivity index (χ0n) is 18.1. The highest BCUT2D eigenvalue weighted by Crippen LogP contribution is 2.41. The summed E-state index contributed by atoms with van der Waals surface area (Å²) in [5.74, 6) is 0.567. The van der Waals surface area contributed by atoms with Crippen molar-refractivity contribution in [2.75, 3.05) is 0 Å². The van der Waals surface area contributed by atoms with Gasteiger partial charge in [-0.1, -0.05) is 13.0 Å². The van der Waals surface area contributed by atoms with Crippen LogP contribution in [-0.2, 0) is 16.0 Å². The molecule has 1 aliphatic rings. The van der Waals surface area contributed by atoms with Crippen molar-refractivity contribution in [2.45, 2.75) is 66.1 Å². The minimum atomic E-state index is -1.05. The Hall–Kier alpha value is -2.73. The van der Waals surface area contributed by atoms with Crippen LogP contribution in [0.25, 0.3) is 5.57 Å². The van der Waals surface area contributed by atoms with E-state index >= 15 is 0 Å². The topological polar surface area (TPSA) is 81.5 Å². The number of carbonyl (C=O) groups is 1. The average Bonchev–Trinajstić information content (AvgIpc) is 2.63. The molecule has 29 heavy (non-hydrogen) atoms. The maximum absolute atomic E-state index is 13.2. The molecule has 0 bridgehead atoms. The molecule has 0 atom stereocenters. The van der Waals surface area contributed by atoms with Crippen LogP contribution >= 0.6 is 0 Å². The third kappa shape index (κ3) is 3.90. The minimum absolute atomic E-state index is 0.0698. The van der Waals surface area contributed by atoms with Crippen molar-refractivity contribution in [3.05, 3.63) is 52.4 Å². The van der Waals surface area contributed by atoms with E-state index in [9.17, 15) is 9.90 Å². The molecule has 0 saturated heterocycles. The first kappa shape index (κ1) is 21.0. The van der Waals surface area contributed by atoms with Crippen LogP contribution in [0.4, 0.5) is 0 Å². The van der Waals surface area contributed by atoms with Crippen LogP contribution in [0.15, 0.2) is 30.0 Å². The number of carbonyl (C=O) groups excluding carboxylic acids is 1. The van der Waals surface area contributed by atoms with Crippen LogP contribution < -0.4 is 4.74 Å². The molecule has 0 saturated carbocycles. The molecule has 154 valence electrons. The van der Waals surface area contributed by atoms with Gasteiger partial charge in [0.1, 0.15) is 22.7 Å². The molecular weight excluding hydrogens is 368 g/mol. The van der Waals surface area contributed by atoms with Gasteiger partial charge in [-0.2, -0.15) is 5.10 Å². The number of hydrogen-bond donors (Lipinski definition) is 1. The number of Topliss-reactive ketones (excluding diaryl/α,β-unsaturated/α-hetero) is 1. The quantitative estimate of drug-likeness (QED) is 0.794. The molecule has 2 heterocycles. The molecule has 0 aliphatic carbocycles. The van der Waals surface area contributed by atoms with Gasteiger partial charge < -0.3 is 14.6 Å². The molecule has 3 rings (SSSR count). The predicted molar refractivity (Wildman–Crippen MR) is 111 cm³/mol. The lowest BCUT2D eigenvalue weighted by Gasteiger charge is -2.40. The number of ether oxygens (including phenoxy) is 2. The predicted octanol–water partition coefficient (Wildman–Crippen LogP) is 4.87. The smallest absolute Gasteiger partial charge is 0.239 e. The number of benzene rings is 1. The highest BCUT2D eigenvalue weighted by molar-refractivity contribution is 6.26. The molecule has 0 fully saturated rings. The van der Waals surface area contributed by atoms with Gasteiger partial charge in [0.05, 0.1) is 11.3 Å². The Morgan fingerprint density at radius 3 is 2.38 bits per heavy atom. The van der Waals surface area contributed by atoms with Crippen LogP contribution in [0.1, 0.15) is 57.0 Å². The Morgan fingerprint density at radius 1 is 1.07 bits per heavy atom. The zero-order valence-corrected chi connectivity index (χ0v) is 18.1. The Balaban J connectivity index is 2.12. The van der Waals surface area contributed by atoms with Crippen molar-refractivity contribution in [2.24, 2.45) is 0 Å². The highest BCUT2D eigenvalue weighted by Gasteiger charge is 2.47. The van der Waals surface area contributed by atoms with Gasteiger partial charge in [-0.05, 0) is 76.8 Å². The van der Waals surface area contributed by atoms with E-state index in [-0.39, 0.29) is 17.1 Å². The number of rotatable bonds is 4. The van der Waals surface area contributed by atoms with Crippen molar-refractivity contribution < 1.29 is 19.4 Å². The Kier molecular flexibility index (Phi) is 5.26. The number of aryl methyl sites for hydroxylation is 3. The molecule has 0 amide bonds. The first-order chi connectivity index (χ1) is 13.5. The number of aliphatic hydroxyl groups excluding tert-OH is 1. The van der Waals surface area contributed by atoms with Crippen LogP contribution in [0.3, 0.4) is 0 Å². The van der Waals surface area contributed by atoms with E-state index < -0.39 is 11.2 Å². The maximum Gasteiger partial charge on any atom is 0.239 e. The summed E-state index contributed by atoms with van der Waals surface area (Å²) in [5, 5.41) is 19.1. The van der Waals surface area contributed by atoms with Gasteiger partial charge in [0.25, 0.3) is 0 Å². The largest absolute Gasteiger partial charge is 0.508 e. The van der Waals surface area contributed by atoms with Crippen molar-refractivity contribution >= 4 is 11.4 Å². The molecule has 0 spiro atoms. The van der Waals surface area contributed by atoms with Crippen LogP contribution in [0.2, 0.25) is 0 Å². The van der Waals surface area contributed by atoms with E-state index in [1.165, 1.54) is 0 Å². The van der Waals surface area contributed by atoms with E-state index in [0.717, 1.165) is 16.8 Å². The Labute approximate surface area is 171 Å². The third-order valence-electron chi connectivity index (χ3n) is 5.25. The summed E-state index contributed by atoms with van der Waals surface area (Å²) in [7, 11) is 0. The SMILES string of the molecule is CCc1ccc(Oc2cc(C)c(C)nn2)cc1C1=C(O)C(C)(C)OC(C)(C)C1=O. The molecule has 1 aliphatic heterocycles. The van der Waals surface area contributed by atoms with Gasteiger partial charge in [-0.25, -0.2) is 0 Å². The molecule has 6 nitrogen and oxygen atoms in total. The molecule has 0 unspecified atom stereocenters. The van der Waals surface area contributed by atoms with E-state index in [0.29, 0.717) is 23.6 Å². The fraction of sp³-hybridized carbons (Fsp3) is 0.435. The standard InChI is InChI=1S/C23H28N2O4/c1-8-15-9-10-16(28-18-11-13(2)14(3)24-25-18)12-17(15)19-20(26)22(4,5)29-23(6,7)21(19)27/h9-12,26H,8H2,1-7H3. The third-order valence-corrected chi connectivity index (χ3v) is 5.25. The second kappa shape index (κ2) is 7.26. The van der Waals surface area contributed by atoms with Gasteiger partial charge in [0, 0.05) is 6.07 Å². The molecular formula is C23H28N2O4. The Morgan fingerprint density at radius 2 is 1.76 bits per heavy atom. The van der Waals surface area contributed by atoms with E-state index in [2.05, 4.69) is 10.2 Å². The second-order valence-electron chi connectivity index (χ2n) is 8.40. The van der Waals surface area contributed by atoms with Crippen LogP contribution in [-0.4, -0.2) is 32.3 Å². The zero-order chi connectivity index (χ0) is 21.6. The Bertz CT molecular complexity index is 1010. The fourth-order valence-corrected chi connectivity index (χ4v) is 3.54. The van der Waals surface area contributed by atoms with Gasteiger partial charge in [0.15, 0.2) is 5.78 Å². The summed E-state index contributed by atoms with van der Waals surface area (Å²) in [6, 6.07) is 7.33. The lowest BCUT2D eigenvalue weighted by atomic mass is 9.81. The molecule has 6 heteroatoms. The monoisotopic (exact) mass is 396 g/mol. The van der Waals surface area contributed by atoms with Crippen molar-refractivity contribution in [3.63, 3.8) is 0 Å². The van der Waals surface area contributed by atoms with Crippen LogP contribution in [0, 0.1) is 13.8 Å². The summed E-state index contributed by atoms with van der Waals surface area (Å²) in [4.78, 5) is 13.2. The van der Waals surface area contributed by atoms with E-state index in [4.69, 9.17) is 9.47 Å². The second-order valence-corrected chi connectivity index (χ2v) is 8.40. The van der Waals surface area contributed by atoms with Crippen LogP contribution in [0.5, 0.6) is 11.6 Å². The number of aliphatic hydroxyl groups is 1. The molecule has 2 aromatic rings. The summed E-state index contributed by atoms with van der Waals surface area (Å²) in [6.45, 7) is 12.8. The van der Waals surface area contributed by atoms with Crippen molar-refractivity contribution in [1.29, 1.82) is 0 Å². The first-order valence-electron chi connectivity index (χ1n) is 9.77. The molecule has 1 aromatic carbocycles. The number of ketones is 1. The first-order valence-corrected chi connectivity index (χ1v) is 9.77. The van der Waals surface area contributed by atoms with Gasteiger partial charge in [-0.15, -0.1) is 5.10 Å². The minimum Gasteiger partial charge on any atom is -0.508 e. The maximum atomic E-state index is 13.2. The summed E-state index contributed by atoms with van der Waals surface area (Å²) in [6.07, 6.45) is 0.699. The number of aromatic nitrogens is 2. The lowest BCUT2D eigenvalue weighted by Crippen LogP contribution is -2.49. The van der Waals surface area contributed by atoms with Gasteiger partial charge in [-0.3, -0.25) is 4.79 Å². The number of nitrogens with zero attached hydrogens (tertiary/aromatic N) is 2. The fourth-order valence-electron chi connectivity index (χ4n) is 3.54. The summed E-state index contributed by atoms with van der Waals surface area (Å²) >= 11 is 0. The summed E-state index contributed by atoms with van der Waals surface area (Å²) in [5.41, 5.74) is 1.65. The average molecular weight is 396 g/mol. The van der Waals surface area contributed by atoms with E-state index in [1.54, 1.807) is 33.8 Å². The molecule has 1 aromatic heterocycles. The molecule has 0 radical (unpaired) electrons. The lowest BCUT2D eigenvalue weighted by molar-refractivity contribution is -0.158. The van der Waals surface area contributed by atoms with E-state index in [1.807, 2.05) is 39.0 Å². The number of hydrogen-bond acceptors (Lipinski definition) is 6. The van der Waals surface area contributed by atoms with Gasteiger partial charge >= 0.3 is 0 Å². The highest BCUT2D eigenvalue weighted by atomic mass is 16.5. The normalized spacial score (nSPS) is 18.1. The van der Waals surface area contributed by atoms with Crippen molar-refractivity contribution in [1.82, 2.24) is 10.2 Å². The summed E-state index contributed by atoms with van der Waals surface area (Å²) < 4.78 is 11.8. The van der Waals surface area contributed by atoms with Gasteiger partial charge in [0.2, 0.25) is 5.88 Å². The molecule has 1 N–H and O–H groups in total.